The highest BCUT2D eigenvalue weighted by molar-refractivity contribution is 5.85. The standard InChI is InChI=1S/C15H20N2O2/c1-16-7-9-17(10-8-16)12-14-4-2-3-13(11-14)5-6-15(18)19/h2-6,11H,7-10,12H2,1H3,(H,18,19)/b6-5+. The van der Waals surface area contributed by atoms with E-state index < -0.39 is 5.97 Å². The van der Waals surface area contributed by atoms with E-state index in [0.717, 1.165) is 38.3 Å². The van der Waals surface area contributed by atoms with E-state index in [-0.39, 0.29) is 0 Å². The third-order valence-electron chi connectivity index (χ3n) is 3.37. The molecule has 1 N–H and O–H groups in total. The number of aliphatic carboxylic acids is 1. The summed E-state index contributed by atoms with van der Waals surface area (Å²) in [5.41, 5.74) is 2.17. The quantitative estimate of drug-likeness (QED) is 0.834. The molecule has 0 aliphatic carbocycles. The average Bonchev–Trinajstić information content (AvgIpc) is 2.40. The van der Waals surface area contributed by atoms with Gasteiger partial charge in [0.25, 0.3) is 0 Å². The number of hydrogen-bond donors (Lipinski definition) is 1. The first-order valence-electron chi connectivity index (χ1n) is 6.54. The molecule has 0 atom stereocenters. The van der Waals surface area contributed by atoms with Crippen molar-refractivity contribution in [2.75, 3.05) is 33.2 Å². The molecule has 1 fully saturated rings. The molecule has 0 radical (unpaired) electrons. The molecule has 4 heteroatoms. The van der Waals surface area contributed by atoms with E-state index in [2.05, 4.69) is 29.0 Å². The highest BCUT2D eigenvalue weighted by atomic mass is 16.4. The largest absolute Gasteiger partial charge is 0.478 e. The smallest absolute Gasteiger partial charge is 0.328 e. The zero-order valence-corrected chi connectivity index (χ0v) is 11.2. The number of likely N-dealkylation sites (N-methyl/N-ethyl adjacent to an activating group) is 1. The van der Waals surface area contributed by atoms with Gasteiger partial charge in [-0.25, -0.2) is 4.79 Å². The Bertz CT molecular complexity index is 463. The molecule has 0 bridgehead atoms. The average molecular weight is 260 g/mol. The number of hydrogen-bond acceptors (Lipinski definition) is 3. The van der Waals surface area contributed by atoms with Crippen molar-refractivity contribution >= 4 is 12.0 Å². The molecule has 1 aliphatic rings. The number of benzene rings is 1. The van der Waals surface area contributed by atoms with Gasteiger partial charge in [0.05, 0.1) is 0 Å². The fourth-order valence-electron chi connectivity index (χ4n) is 2.23. The third-order valence-corrected chi connectivity index (χ3v) is 3.37. The summed E-state index contributed by atoms with van der Waals surface area (Å²) in [6, 6.07) is 8.05. The molecule has 0 spiro atoms. The van der Waals surface area contributed by atoms with Crippen LogP contribution in [0.25, 0.3) is 6.08 Å². The maximum Gasteiger partial charge on any atom is 0.328 e. The Morgan fingerprint density at radius 2 is 2.05 bits per heavy atom. The van der Waals surface area contributed by atoms with Crippen molar-refractivity contribution in [2.24, 2.45) is 0 Å². The molecule has 0 unspecified atom stereocenters. The van der Waals surface area contributed by atoms with E-state index in [0.29, 0.717) is 0 Å². The van der Waals surface area contributed by atoms with Gasteiger partial charge in [0, 0.05) is 38.8 Å². The van der Waals surface area contributed by atoms with Gasteiger partial charge in [-0.1, -0.05) is 24.3 Å². The van der Waals surface area contributed by atoms with E-state index in [1.807, 2.05) is 12.1 Å². The first-order chi connectivity index (χ1) is 9.13. The van der Waals surface area contributed by atoms with Gasteiger partial charge in [-0.3, -0.25) is 4.90 Å². The van der Waals surface area contributed by atoms with E-state index in [4.69, 9.17) is 5.11 Å². The van der Waals surface area contributed by atoms with Crippen molar-refractivity contribution in [3.05, 3.63) is 41.5 Å². The lowest BCUT2D eigenvalue weighted by Crippen LogP contribution is -2.43. The Morgan fingerprint density at radius 1 is 1.32 bits per heavy atom. The number of rotatable bonds is 4. The van der Waals surface area contributed by atoms with Crippen LogP contribution < -0.4 is 0 Å². The van der Waals surface area contributed by atoms with Crippen LogP contribution >= 0.6 is 0 Å². The Labute approximate surface area is 113 Å². The van der Waals surface area contributed by atoms with Crippen LogP contribution in [-0.2, 0) is 11.3 Å². The lowest BCUT2D eigenvalue weighted by molar-refractivity contribution is -0.131. The lowest BCUT2D eigenvalue weighted by Gasteiger charge is -2.32. The van der Waals surface area contributed by atoms with Gasteiger partial charge in [-0.2, -0.15) is 0 Å². The fraction of sp³-hybridized carbons (Fsp3) is 0.400. The van der Waals surface area contributed by atoms with Crippen molar-refractivity contribution in [1.29, 1.82) is 0 Å². The number of carbonyl (C=O) groups is 1. The zero-order valence-electron chi connectivity index (χ0n) is 11.2. The number of nitrogens with zero attached hydrogens (tertiary/aromatic N) is 2. The minimum absolute atomic E-state index is 0.913. The Balaban J connectivity index is 1.97. The molecule has 0 saturated carbocycles. The summed E-state index contributed by atoms with van der Waals surface area (Å²) in [7, 11) is 2.15. The molecule has 4 nitrogen and oxygen atoms in total. The van der Waals surface area contributed by atoms with Gasteiger partial charge < -0.3 is 10.0 Å². The normalized spacial score (nSPS) is 17.9. The van der Waals surface area contributed by atoms with E-state index in [9.17, 15) is 4.79 Å². The highest BCUT2D eigenvalue weighted by Crippen LogP contribution is 2.11. The maximum absolute atomic E-state index is 10.5. The van der Waals surface area contributed by atoms with E-state index in [1.165, 1.54) is 11.6 Å². The summed E-state index contributed by atoms with van der Waals surface area (Å²) < 4.78 is 0. The molecule has 1 aromatic carbocycles. The van der Waals surface area contributed by atoms with Crippen LogP contribution in [0.1, 0.15) is 11.1 Å². The van der Waals surface area contributed by atoms with Crippen molar-refractivity contribution < 1.29 is 9.90 Å². The second-order valence-electron chi connectivity index (χ2n) is 5.00. The Morgan fingerprint density at radius 3 is 2.74 bits per heavy atom. The second-order valence-corrected chi connectivity index (χ2v) is 5.00. The van der Waals surface area contributed by atoms with Crippen LogP contribution in [0.5, 0.6) is 0 Å². The molecule has 0 aromatic heterocycles. The van der Waals surface area contributed by atoms with Gasteiger partial charge in [0.1, 0.15) is 0 Å². The number of carboxylic acids is 1. The van der Waals surface area contributed by atoms with Gasteiger partial charge in [0.2, 0.25) is 0 Å². The Hall–Kier alpha value is -1.65. The number of piperazine rings is 1. The van der Waals surface area contributed by atoms with Crippen molar-refractivity contribution in [3.8, 4) is 0 Å². The van der Waals surface area contributed by atoms with Crippen LogP contribution in [0, 0.1) is 0 Å². The Kier molecular flexibility index (Phi) is 4.71. The summed E-state index contributed by atoms with van der Waals surface area (Å²) in [6.07, 6.45) is 2.81. The predicted molar refractivity (Wildman–Crippen MR) is 75.9 cm³/mol. The molecule has 2 rings (SSSR count). The topological polar surface area (TPSA) is 43.8 Å². The minimum Gasteiger partial charge on any atom is -0.478 e. The molecule has 1 heterocycles. The monoisotopic (exact) mass is 260 g/mol. The molecule has 1 aliphatic heterocycles. The first-order valence-corrected chi connectivity index (χ1v) is 6.54. The predicted octanol–water partition coefficient (Wildman–Crippen LogP) is 1.53. The first kappa shape index (κ1) is 13.8. The molecule has 0 amide bonds. The minimum atomic E-state index is -0.913. The molecule has 102 valence electrons. The van der Waals surface area contributed by atoms with E-state index in [1.54, 1.807) is 6.08 Å². The highest BCUT2D eigenvalue weighted by Gasteiger charge is 2.13. The summed E-state index contributed by atoms with van der Waals surface area (Å²) in [6.45, 7) is 5.33. The molecular formula is C15H20N2O2. The summed E-state index contributed by atoms with van der Waals surface area (Å²) in [5, 5.41) is 8.63. The second kappa shape index (κ2) is 6.50. The summed E-state index contributed by atoms with van der Waals surface area (Å²) in [5.74, 6) is -0.913. The van der Waals surface area contributed by atoms with Crippen molar-refractivity contribution in [3.63, 3.8) is 0 Å². The SMILES string of the molecule is CN1CCN(Cc2cccc(/C=C/C(=O)O)c2)CC1. The lowest BCUT2D eigenvalue weighted by atomic mass is 10.1. The van der Waals surface area contributed by atoms with Crippen LogP contribution in [0.2, 0.25) is 0 Å². The van der Waals surface area contributed by atoms with Gasteiger partial charge >= 0.3 is 5.97 Å². The number of carboxylic acid groups (broad SMARTS) is 1. The summed E-state index contributed by atoms with van der Waals surface area (Å²) in [4.78, 5) is 15.3. The van der Waals surface area contributed by atoms with Gasteiger partial charge in [-0.15, -0.1) is 0 Å². The third kappa shape index (κ3) is 4.50. The molecule has 1 saturated heterocycles. The molecular weight excluding hydrogens is 240 g/mol. The summed E-state index contributed by atoms with van der Waals surface area (Å²) >= 11 is 0. The van der Waals surface area contributed by atoms with Gasteiger partial charge in [-0.05, 0) is 24.3 Å². The van der Waals surface area contributed by atoms with E-state index >= 15 is 0 Å². The van der Waals surface area contributed by atoms with Crippen molar-refractivity contribution in [1.82, 2.24) is 9.80 Å². The van der Waals surface area contributed by atoms with Crippen LogP contribution in [0.15, 0.2) is 30.3 Å². The molecule has 19 heavy (non-hydrogen) atoms. The van der Waals surface area contributed by atoms with Crippen LogP contribution in [0.4, 0.5) is 0 Å². The molecule has 1 aromatic rings. The van der Waals surface area contributed by atoms with Gasteiger partial charge in [0.15, 0.2) is 0 Å². The fourth-order valence-corrected chi connectivity index (χ4v) is 2.23. The maximum atomic E-state index is 10.5. The van der Waals surface area contributed by atoms with Crippen molar-refractivity contribution in [2.45, 2.75) is 6.54 Å². The van der Waals surface area contributed by atoms with Crippen LogP contribution in [0.3, 0.4) is 0 Å². The zero-order chi connectivity index (χ0) is 13.7. The van der Waals surface area contributed by atoms with Crippen LogP contribution in [-0.4, -0.2) is 54.1 Å².